The van der Waals surface area contributed by atoms with E-state index in [0.29, 0.717) is 11.7 Å². The van der Waals surface area contributed by atoms with Crippen LogP contribution in [0.15, 0.2) is 84.9 Å². The number of carbonyl (C=O) groups excluding carboxylic acids is 3. The summed E-state index contributed by atoms with van der Waals surface area (Å²) in [6, 6.07) is 24.7. The molecule has 0 bridgehead atoms. The molecule has 8 heteroatoms. The first-order valence-corrected chi connectivity index (χ1v) is 13.7. The van der Waals surface area contributed by atoms with E-state index in [9.17, 15) is 14.4 Å². The lowest BCUT2D eigenvalue weighted by Gasteiger charge is -2.31. The minimum atomic E-state index is -0.833. The van der Waals surface area contributed by atoms with Gasteiger partial charge in [0.2, 0.25) is 5.91 Å². The number of alkyl carbamates (subject to hydrolysis) is 1. The molecule has 210 valence electrons. The Morgan fingerprint density at radius 2 is 1.38 bits per heavy atom. The fourth-order valence-electron chi connectivity index (χ4n) is 4.70. The maximum absolute atomic E-state index is 13.3. The van der Waals surface area contributed by atoms with Gasteiger partial charge in [-0.25, -0.2) is 9.59 Å². The van der Waals surface area contributed by atoms with Crippen molar-refractivity contribution < 1.29 is 28.6 Å². The highest BCUT2D eigenvalue weighted by atomic mass is 16.7. The predicted molar refractivity (Wildman–Crippen MR) is 151 cm³/mol. The van der Waals surface area contributed by atoms with Crippen LogP contribution in [0, 0.1) is 5.92 Å². The SMILES string of the molecule is C[C@@H]1CCCC[C@@H]1NC(=O)[C@@H](Cc1ccc(OC(=O)OCc2ccccc2)cc1)NC(=O)OCc1ccccc1. The lowest BCUT2D eigenvalue weighted by molar-refractivity contribution is -0.124. The molecule has 1 aliphatic rings. The van der Waals surface area contributed by atoms with Gasteiger partial charge in [0.1, 0.15) is 25.0 Å². The first-order chi connectivity index (χ1) is 19.5. The maximum Gasteiger partial charge on any atom is 0.514 e. The molecule has 2 N–H and O–H groups in total. The van der Waals surface area contributed by atoms with Crippen LogP contribution in [0.5, 0.6) is 5.75 Å². The number of benzene rings is 3. The average Bonchev–Trinajstić information content (AvgIpc) is 2.98. The number of hydrogen-bond donors (Lipinski definition) is 2. The van der Waals surface area contributed by atoms with Crippen LogP contribution >= 0.6 is 0 Å². The Bertz CT molecular complexity index is 1230. The molecule has 40 heavy (non-hydrogen) atoms. The summed E-state index contributed by atoms with van der Waals surface area (Å²) in [5.74, 6) is 0.441. The zero-order chi connectivity index (χ0) is 28.2. The minimum absolute atomic E-state index is 0.0727. The molecule has 1 aliphatic carbocycles. The van der Waals surface area contributed by atoms with Crippen LogP contribution in [0.2, 0.25) is 0 Å². The molecule has 1 saturated carbocycles. The first kappa shape index (κ1) is 28.7. The van der Waals surface area contributed by atoms with Crippen molar-refractivity contribution in [2.24, 2.45) is 5.92 Å². The van der Waals surface area contributed by atoms with Gasteiger partial charge in [0.15, 0.2) is 0 Å². The first-order valence-electron chi connectivity index (χ1n) is 13.7. The van der Waals surface area contributed by atoms with Gasteiger partial charge in [0.25, 0.3) is 0 Å². The summed E-state index contributed by atoms with van der Waals surface area (Å²) in [6.07, 6.45) is 2.99. The van der Waals surface area contributed by atoms with Gasteiger partial charge in [-0.15, -0.1) is 0 Å². The van der Waals surface area contributed by atoms with Gasteiger partial charge in [-0.1, -0.05) is 92.6 Å². The number of nitrogens with one attached hydrogen (secondary N) is 2. The molecule has 0 spiro atoms. The van der Waals surface area contributed by atoms with Crippen LogP contribution in [0.4, 0.5) is 9.59 Å². The number of hydrogen-bond acceptors (Lipinski definition) is 6. The normalized spacial score (nSPS) is 17.2. The van der Waals surface area contributed by atoms with Crippen molar-refractivity contribution in [3.05, 3.63) is 102 Å². The number of rotatable bonds is 10. The average molecular weight is 545 g/mol. The minimum Gasteiger partial charge on any atom is -0.445 e. The number of carbonyl (C=O) groups is 3. The van der Waals surface area contributed by atoms with E-state index in [2.05, 4.69) is 17.6 Å². The molecule has 3 aromatic carbocycles. The maximum atomic E-state index is 13.3. The molecule has 0 aromatic heterocycles. The van der Waals surface area contributed by atoms with Crippen molar-refractivity contribution in [3.8, 4) is 5.75 Å². The molecule has 8 nitrogen and oxygen atoms in total. The van der Waals surface area contributed by atoms with Crippen LogP contribution in [-0.2, 0) is 33.9 Å². The third-order valence-corrected chi connectivity index (χ3v) is 7.02. The summed E-state index contributed by atoms with van der Waals surface area (Å²) >= 11 is 0. The molecule has 3 aromatic rings. The quantitative estimate of drug-likeness (QED) is 0.242. The Labute approximate surface area is 235 Å². The summed E-state index contributed by atoms with van der Waals surface area (Å²) in [7, 11) is 0. The fourth-order valence-corrected chi connectivity index (χ4v) is 4.70. The lowest BCUT2D eigenvalue weighted by Crippen LogP contribution is -2.52. The van der Waals surface area contributed by atoms with Crippen molar-refractivity contribution >= 4 is 18.2 Å². The Kier molecular flexibility index (Phi) is 10.6. The van der Waals surface area contributed by atoms with Crippen molar-refractivity contribution in [1.29, 1.82) is 0 Å². The molecule has 0 unspecified atom stereocenters. The van der Waals surface area contributed by atoms with Gasteiger partial charge >= 0.3 is 12.2 Å². The van der Waals surface area contributed by atoms with E-state index in [4.69, 9.17) is 14.2 Å². The van der Waals surface area contributed by atoms with Crippen LogP contribution in [0.25, 0.3) is 0 Å². The van der Waals surface area contributed by atoms with Crippen LogP contribution in [0.1, 0.15) is 49.3 Å². The van der Waals surface area contributed by atoms with Crippen molar-refractivity contribution in [2.45, 2.75) is 64.3 Å². The summed E-state index contributed by atoms with van der Waals surface area (Å²) in [6.45, 7) is 2.36. The topological polar surface area (TPSA) is 103 Å². The fraction of sp³-hybridized carbons (Fsp3) is 0.344. The van der Waals surface area contributed by atoms with E-state index in [1.807, 2.05) is 60.7 Å². The molecular weight excluding hydrogens is 508 g/mol. The third-order valence-electron chi connectivity index (χ3n) is 7.02. The Morgan fingerprint density at radius 3 is 2.00 bits per heavy atom. The van der Waals surface area contributed by atoms with Gasteiger partial charge in [-0.05, 0) is 47.6 Å². The molecule has 0 saturated heterocycles. The highest BCUT2D eigenvalue weighted by Crippen LogP contribution is 2.24. The summed E-state index contributed by atoms with van der Waals surface area (Å²) in [5.41, 5.74) is 2.49. The van der Waals surface area contributed by atoms with E-state index in [1.54, 1.807) is 24.3 Å². The zero-order valence-corrected chi connectivity index (χ0v) is 22.7. The van der Waals surface area contributed by atoms with E-state index in [0.717, 1.165) is 42.4 Å². The summed E-state index contributed by atoms with van der Waals surface area (Å²) < 4.78 is 15.8. The Morgan fingerprint density at radius 1 is 0.775 bits per heavy atom. The van der Waals surface area contributed by atoms with Gasteiger partial charge in [0.05, 0.1) is 0 Å². The van der Waals surface area contributed by atoms with Crippen LogP contribution < -0.4 is 15.4 Å². The van der Waals surface area contributed by atoms with Crippen molar-refractivity contribution in [3.63, 3.8) is 0 Å². The summed E-state index contributed by atoms with van der Waals surface area (Å²) in [4.78, 5) is 38.0. The highest BCUT2D eigenvalue weighted by molar-refractivity contribution is 5.86. The van der Waals surface area contributed by atoms with Crippen LogP contribution in [-0.4, -0.2) is 30.2 Å². The molecule has 1 fully saturated rings. The Balaban J connectivity index is 1.35. The molecule has 0 heterocycles. The molecule has 0 radical (unpaired) electrons. The van der Waals surface area contributed by atoms with Crippen molar-refractivity contribution in [2.75, 3.05) is 0 Å². The molecule has 4 rings (SSSR count). The number of amides is 2. The summed E-state index contributed by atoms with van der Waals surface area (Å²) in [5, 5.41) is 5.88. The largest absolute Gasteiger partial charge is 0.514 e. The van der Waals surface area contributed by atoms with E-state index >= 15 is 0 Å². The molecule has 3 atom stereocenters. The second-order valence-electron chi connectivity index (χ2n) is 10.1. The molecular formula is C32H36N2O6. The standard InChI is InChI=1S/C32H36N2O6/c1-23-10-8-9-15-28(23)33-30(35)29(34-31(36)38-21-25-11-4-2-5-12-25)20-24-16-18-27(19-17-24)40-32(37)39-22-26-13-6-3-7-14-26/h2-7,11-14,16-19,23,28-29H,8-10,15,20-22H2,1H3,(H,33,35)(H,34,36)/t23-,28+,29-/m1/s1. The van der Waals surface area contributed by atoms with Crippen molar-refractivity contribution in [1.82, 2.24) is 10.6 Å². The smallest absolute Gasteiger partial charge is 0.445 e. The zero-order valence-electron chi connectivity index (χ0n) is 22.7. The second-order valence-corrected chi connectivity index (χ2v) is 10.1. The van der Waals surface area contributed by atoms with Gasteiger partial charge in [-0.2, -0.15) is 0 Å². The van der Waals surface area contributed by atoms with Crippen LogP contribution in [0.3, 0.4) is 0 Å². The molecule has 2 amide bonds. The monoisotopic (exact) mass is 544 g/mol. The van der Waals surface area contributed by atoms with Gasteiger partial charge in [0, 0.05) is 12.5 Å². The second kappa shape index (κ2) is 14.7. The lowest BCUT2D eigenvalue weighted by atomic mass is 9.85. The van der Waals surface area contributed by atoms with Gasteiger partial charge < -0.3 is 24.8 Å². The third kappa shape index (κ3) is 9.15. The van der Waals surface area contributed by atoms with Gasteiger partial charge in [-0.3, -0.25) is 4.79 Å². The Hall–Kier alpha value is -4.33. The van der Waals surface area contributed by atoms with E-state index in [1.165, 1.54) is 0 Å². The van der Waals surface area contributed by atoms with E-state index in [-0.39, 0.29) is 31.6 Å². The molecule has 0 aliphatic heterocycles. The van der Waals surface area contributed by atoms with E-state index < -0.39 is 18.3 Å². The highest BCUT2D eigenvalue weighted by Gasteiger charge is 2.28. The number of ether oxygens (including phenoxy) is 3. The predicted octanol–water partition coefficient (Wildman–Crippen LogP) is 5.93.